The van der Waals surface area contributed by atoms with Crippen molar-refractivity contribution < 1.29 is 9.78 Å². The molecule has 0 unspecified atom stereocenters. The predicted octanol–water partition coefficient (Wildman–Crippen LogP) is -0.716. The van der Waals surface area contributed by atoms with Crippen LogP contribution in [0.5, 0.6) is 0 Å². The van der Waals surface area contributed by atoms with Gasteiger partial charge in [-0.05, 0) is 0 Å². The topological polar surface area (TPSA) is 50.1 Å². The van der Waals surface area contributed by atoms with Gasteiger partial charge in [0.05, 0.1) is 18.4 Å². The molecule has 0 saturated heterocycles. The van der Waals surface area contributed by atoms with Gasteiger partial charge in [0.15, 0.2) is 0 Å². The van der Waals surface area contributed by atoms with E-state index in [9.17, 15) is 0 Å². The third-order valence-electron chi connectivity index (χ3n) is 1.04. The molecule has 1 rings (SSSR count). The van der Waals surface area contributed by atoms with E-state index in [4.69, 9.17) is 10.9 Å². The summed E-state index contributed by atoms with van der Waals surface area (Å²) in [5, 5.41) is 11.4. The van der Waals surface area contributed by atoms with E-state index in [1.807, 2.05) is 5.38 Å². The normalized spacial score (nSPS) is 9.89. The second-order valence-electron chi connectivity index (χ2n) is 1.68. The largest absolute Gasteiger partial charge is 0.396 e. The monoisotopic (exact) mass is 145 g/mol. The number of nitrogens with zero attached hydrogens (tertiary/aromatic N) is 1. The van der Waals surface area contributed by atoms with Gasteiger partial charge in [-0.2, -0.15) is 0 Å². The Labute approximate surface area is 57.3 Å². The van der Waals surface area contributed by atoms with Crippen LogP contribution in [0.15, 0.2) is 11.6 Å². The molecule has 3 N–H and O–H groups in total. The van der Waals surface area contributed by atoms with Crippen molar-refractivity contribution in [2.45, 2.75) is 6.42 Å². The molecule has 0 aromatic carbocycles. The molecule has 1 aromatic heterocycles. The molecular formula is C5H9N2OS+. The lowest BCUT2D eigenvalue weighted by Gasteiger charge is -1.84. The number of nitrogen functional groups attached to an aromatic ring is 1. The second-order valence-corrected chi connectivity index (χ2v) is 2.66. The van der Waals surface area contributed by atoms with Crippen LogP contribution in [0.2, 0.25) is 0 Å². The molecule has 4 heteroatoms. The van der Waals surface area contributed by atoms with E-state index in [1.165, 1.54) is 4.68 Å². The molecule has 50 valence electrons. The predicted molar refractivity (Wildman–Crippen MR) is 35.5 cm³/mol. The third kappa shape index (κ3) is 1.40. The number of aliphatic hydroxyl groups excluding tert-OH is 1. The molecule has 0 radical (unpaired) electrons. The summed E-state index contributed by atoms with van der Waals surface area (Å²) in [6.45, 7) is 0.164. The Morgan fingerprint density at radius 2 is 2.56 bits per heavy atom. The molecule has 0 atom stereocenters. The van der Waals surface area contributed by atoms with E-state index in [2.05, 4.69) is 0 Å². The molecule has 0 aliphatic rings. The fourth-order valence-electron chi connectivity index (χ4n) is 0.602. The summed E-state index contributed by atoms with van der Waals surface area (Å²) in [6, 6.07) is 0. The summed E-state index contributed by atoms with van der Waals surface area (Å²) >= 11 is 1.55. The highest BCUT2D eigenvalue weighted by Gasteiger charge is 2.06. The van der Waals surface area contributed by atoms with Gasteiger partial charge < -0.3 is 5.11 Å². The van der Waals surface area contributed by atoms with Crippen LogP contribution in [0.4, 0.5) is 0 Å². The van der Waals surface area contributed by atoms with Crippen molar-refractivity contribution in [3.63, 3.8) is 0 Å². The van der Waals surface area contributed by atoms with Gasteiger partial charge in [-0.1, -0.05) is 16.0 Å². The summed E-state index contributed by atoms with van der Waals surface area (Å²) < 4.78 is 1.53. The summed E-state index contributed by atoms with van der Waals surface area (Å²) in [6.07, 6.45) is 2.42. The highest BCUT2D eigenvalue weighted by molar-refractivity contribution is 7.09. The second kappa shape index (κ2) is 2.80. The summed E-state index contributed by atoms with van der Waals surface area (Å²) in [5.74, 6) is 5.44. The van der Waals surface area contributed by atoms with E-state index >= 15 is 0 Å². The van der Waals surface area contributed by atoms with Crippen molar-refractivity contribution in [1.82, 2.24) is 0 Å². The zero-order chi connectivity index (χ0) is 6.69. The number of rotatable bonds is 2. The van der Waals surface area contributed by atoms with Crippen molar-refractivity contribution in [2.24, 2.45) is 0 Å². The standard InChI is InChI=1S/C5H9N2OS/c6-7-2-4-9-5(7)1-3-8/h2,4,8H,1,3,6H2/q+1. The average molecular weight is 145 g/mol. The van der Waals surface area contributed by atoms with E-state index in [-0.39, 0.29) is 6.61 Å². The van der Waals surface area contributed by atoms with Crippen LogP contribution in [0.3, 0.4) is 0 Å². The Morgan fingerprint density at radius 1 is 1.78 bits per heavy atom. The van der Waals surface area contributed by atoms with Crippen molar-refractivity contribution in [1.29, 1.82) is 0 Å². The van der Waals surface area contributed by atoms with Crippen molar-refractivity contribution >= 4 is 11.3 Å². The fraction of sp³-hybridized carbons (Fsp3) is 0.400. The lowest BCUT2D eigenvalue weighted by atomic mass is 10.5. The SMILES string of the molecule is N[n+]1ccsc1CCO. The first-order valence-electron chi connectivity index (χ1n) is 2.68. The Bertz CT molecular complexity index is 187. The zero-order valence-corrected chi connectivity index (χ0v) is 5.77. The van der Waals surface area contributed by atoms with Gasteiger partial charge >= 0.3 is 0 Å². The number of aliphatic hydroxyl groups is 1. The van der Waals surface area contributed by atoms with Gasteiger partial charge in [0.2, 0.25) is 6.20 Å². The molecule has 0 fully saturated rings. The van der Waals surface area contributed by atoms with Gasteiger partial charge in [0.1, 0.15) is 0 Å². The lowest BCUT2D eigenvalue weighted by molar-refractivity contribution is -0.641. The minimum Gasteiger partial charge on any atom is -0.396 e. The Kier molecular flexibility index (Phi) is 2.02. The maximum absolute atomic E-state index is 8.50. The van der Waals surface area contributed by atoms with E-state index in [0.29, 0.717) is 6.42 Å². The highest BCUT2D eigenvalue weighted by atomic mass is 32.1. The Balaban J connectivity index is 2.69. The fourth-order valence-corrected chi connectivity index (χ4v) is 1.34. The maximum atomic E-state index is 8.50. The molecule has 0 bridgehead atoms. The summed E-state index contributed by atoms with van der Waals surface area (Å²) in [5.41, 5.74) is 0. The van der Waals surface area contributed by atoms with Crippen LogP contribution < -0.4 is 10.5 Å². The van der Waals surface area contributed by atoms with E-state index in [0.717, 1.165) is 5.01 Å². The zero-order valence-electron chi connectivity index (χ0n) is 4.95. The van der Waals surface area contributed by atoms with Crippen LogP contribution in [-0.4, -0.2) is 11.7 Å². The smallest absolute Gasteiger partial charge is 0.268 e. The van der Waals surface area contributed by atoms with Gasteiger partial charge in [0.25, 0.3) is 5.01 Å². The number of nitrogens with two attached hydrogens (primary N) is 1. The van der Waals surface area contributed by atoms with Crippen LogP contribution in [-0.2, 0) is 6.42 Å². The minimum atomic E-state index is 0.164. The molecule has 3 nitrogen and oxygen atoms in total. The first kappa shape index (κ1) is 6.51. The molecule has 0 aliphatic carbocycles. The molecule has 0 saturated carbocycles. The summed E-state index contributed by atoms with van der Waals surface area (Å²) in [7, 11) is 0. The number of hydrogen-bond donors (Lipinski definition) is 2. The van der Waals surface area contributed by atoms with E-state index in [1.54, 1.807) is 17.5 Å². The van der Waals surface area contributed by atoms with Gasteiger partial charge in [-0.15, -0.1) is 0 Å². The molecular weight excluding hydrogens is 136 g/mol. The number of hydrogen-bond acceptors (Lipinski definition) is 3. The van der Waals surface area contributed by atoms with Gasteiger partial charge in [-0.3, -0.25) is 0 Å². The molecule has 9 heavy (non-hydrogen) atoms. The van der Waals surface area contributed by atoms with Gasteiger partial charge in [0, 0.05) is 0 Å². The van der Waals surface area contributed by atoms with Crippen LogP contribution in [0, 0.1) is 0 Å². The first-order chi connectivity index (χ1) is 4.34. The molecule has 0 spiro atoms. The van der Waals surface area contributed by atoms with Crippen molar-refractivity contribution in [3.8, 4) is 0 Å². The molecule has 1 aromatic rings. The molecule has 1 heterocycles. The maximum Gasteiger partial charge on any atom is 0.268 e. The Morgan fingerprint density at radius 3 is 3.00 bits per heavy atom. The van der Waals surface area contributed by atoms with Crippen molar-refractivity contribution in [3.05, 3.63) is 16.6 Å². The van der Waals surface area contributed by atoms with Crippen LogP contribution in [0.1, 0.15) is 5.01 Å². The van der Waals surface area contributed by atoms with Crippen LogP contribution >= 0.6 is 11.3 Å². The van der Waals surface area contributed by atoms with Crippen molar-refractivity contribution in [2.75, 3.05) is 12.4 Å². The van der Waals surface area contributed by atoms with Crippen LogP contribution in [0.25, 0.3) is 0 Å². The Hall–Kier alpha value is -0.610. The van der Waals surface area contributed by atoms with Gasteiger partial charge in [-0.25, -0.2) is 5.84 Å². The third-order valence-corrected chi connectivity index (χ3v) is 1.98. The molecule has 0 amide bonds. The highest BCUT2D eigenvalue weighted by Crippen LogP contribution is 1.99. The minimum absolute atomic E-state index is 0.164. The van der Waals surface area contributed by atoms with E-state index < -0.39 is 0 Å². The number of aromatic nitrogens is 1. The molecule has 0 aliphatic heterocycles. The quantitative estimate of drug-likeness (QED) is 0.426. The summed E-state index contributed by atoms with van der Waals surface area (Å²) in [4.78, 5) is 0. The lowest BCUT2D eigenvalue weighted by Crippen LogP contribution is -2.45. The average Bonchev–Trinajstić information content (AvgIpc) is 2.18. The number of thiazole rings is 1. The first-order valence-corrected chi connectivity index (χ1v) is 3.56.